The molecule has 2 N–H and O–H groups in total. The third-order valence-corrected chi connectivity index (χ3v) is 2.08. The summed E-state index contributed by atoms with van der Waals surface area (Å²) < 4.78 is 0. The number of fused-ring (bicyclic) bond motifs is 1. The van der Waals surface area contributed by atoms with E-state index in [9.17, 15) is 0 Å². The largest absolute Gasteiger partial charge is 0.411 e. The Morgan fingerprint density at radius 1 is 1.55 bits per heavy atom. The van der Waals surface area contributed by atoms with Gasteiger partial charge in [-0.1, -0.05) is 5.16 Å². The van der Waals surface area contributed by atoms with Crippen molar-refractivity contribution >= 4 is 5.71 Å². The Hall–Kier alpha value is -1.32. The number of aromatic amines is 1. The number of hydrogen-bond acceptors (Lipinski definition) is 3. The fourth-order valence-corrected chi connectivity index (χ4v) is 1.46. The van der Waals surface area contributed by atoms with E-state index in [1.807, 2.05) is 6.92 Å². The highest BCUT2D eigenvalue weighted by Gasteiger charge is 2.22. The van der Waals surface area contributed by atoms with E-state index >= 15 is 0 Å². The van der Waals surface area contributed by atoms with E-state index in [4.69, 9.17) is 5.21 Å². The molecule has 1 aromatic rings. The van der Waals surface area contributed by atoms with Crippen LogP contribution in [0.3, 0.4) is 0 Å². The molecule has 2 rings (SSSR count). The molecule has 0 aromatic carbocycles. The normalized spacial score (nSPS) is 19.2. The molecule has 1 aromatic heterocycles. The highest BCUT2D eigenvalue weighted by Crippen LogP contribution is 2.22. The fourth-order valence-electron chi connectivity index (χ4n) is 1.46. The van der Waals surface area contributed by atoms with Crippen molar-refractivity contribution in [3.05, 3.63) is 17.0 Å². The Labute approximate surface area is 63.9 Å². The first-order valence-corrected chi connectivity index (χ1v) is 3.58. The maximum absolute atomic E-state index is 8.56. The monoisotopic (exact) mass is 151 g/mol. The van der Waals surface area contributed by atoms with Gasteiger partial charge in [0.05, 0.1) is 0 Å². The van der Waals surface area contributed by atoms with Crippen LogP contribution in [0.15, 0.2) is 5.16 Å². The van der Waals surface area contributed by atoms with Gasteiger partial charge in [-0.05, 0) is 19.8 Å². The second-order valence-electron chi connectivity index (χ2n) is 2.72. The Bertz CT molecular complexity index is 313. The Morgan fingerprint density at radius 2 is 2.36 bits per heavy atom. The van der Waals surface area contributed by atoms with Crippen molar-refractivity contribution in [2.45, 2.75) is 19.8 Å². The Balaban J connectivity index is 2.56. The molecule has 0 saturated heterocycles. The van der Waals surface area contributed by atoms with Crippen LogP contribution in [0.2, 0.25) is 0 Å². The number of aryl methyl sites for hydroxylation is 1. The minimum Gasteiger partial charge on any atom is -0.411 e. The van der Waals surface area contributed by atoms with Gasteiger partial charge in [0, 0.05) is 11.3 Å². The summed E-state index contributed by atoms with van der Waals surface area (Å²) in [6.45, 7) is 1.98. The predicted molar refractivity (Wildman–Crippen MR) is 40.0 cm³/mol. The first kappa shape index (κ1) is 6.39. The number of nitrogens with zero attached hydrogens (tertiary/aromatic N) is 2. The first-order chi connectivity index (χ1) is 5.33. The topological polar surface area (TPSA) is 61.3 Å². The molecule has 0 spiro atoms. The lowest BCUT2D eigenvalue weighted by Crippen LogP contribution is -1.94. The van der Waals surface area contributed by atoms with Crippen LogP contribution in [0.25, 0.3) is 0 Å². The van der Waals surface area contributed by atoms with Crippen LogP contribution in [-0.2, 0) is 6.42 Å². The zero-order chi connectivity index (χ0) is 7.84. The van der Waals surface area contributed by atoms with Gasteiger partial charge in [0.1, 0.15) is 11.4 Å². The fraction of sp³-hybridized carbons (Fsp3) is 0.429. The molecule has 0 fully saturated rings. The maximum atomic E-state index is 8.56. The van der Waals surface area contributed by atoms with Crippen LogP contribution in [0, 0.1) is 6.92 Å². The minimum atomic E-state index is 0.698. The minimum absolute atomic E-state index is 0.698. The molecule has 1 heterocycles. The summed E-state index contributed by atoms with van der Waals surface area (Å²) in [5, 5.41) is 18.6. The number of nitrogens with one attached hydrogen (secondary N) is 1. The highest BCUT2D eigenvalue weighted by atomic mass is 16.4. The van der Waals surface area contributed by atoms with Gasteiger partial charge in [-0.3, -0.25) is 5.10 Å². The number of aromatic nitrogens is 2. The third kappa shape index (κ3) is 0.753. The van der Waals surface area contributed by atoms with Crippen LogP contribution in [0.1, 0.15) is 23.4 Å². The van der Waals surface area contributed by atoms with Gasteiger partial charge in [-0.2, -0.15) is 5.10 Å². The van der Waals surface area contributed by atoms with Gasteiger partial charge in [0.15, 0.2) is 0 Å². The molecule has 0 radical (unpaired) electrons. The molecule has 4 heteroatoms. The third-order valence-electron chi connectivity index (χ3n) is 2.08. The Morgan fingerprint density at radius 3 is 3.09 bits per heavy atom. The van der Waals surface area contributed by atoms with Gasteiger partial charge in [0.25, 0.3) is 0 Å². The average molecular weight is 151 g/mol. The van der Waals surface area contributed by atoms with E-state index in [0.29, 0.717) is 5.71 Å². The Kier molecular flexibility index (Phi) is 1.21. The molecule has 0 saturated carbocycles. The van der Waals surface area contributed by atoms with E-state index in [1.54, 1.807) is 0 Å². The molecular formula is C7H9N3O. The standard InChI is InChI=1S/C7H9N3O/c1-4-5-2-3-6(10-11)7(5)9-8-4/h11H,2-3H2,1H3,(H,8,9)/b10-6+. The van der Waals surface area contributed by atoms with Crippen LogP contribution >= 0.6 is 0 Å². The molecule has 1 aliphatic carbocycles. The van der Waals surface area contributed by atoms with Crippen LogP contribution in [-0.4, -0.2) is 21.1 Å². The van der Waals surface area contributed by atoms with E-state index in [2.05, 4.69) is 15.4 Å². The van der Waals surface area contributed by atoms with Gasteiger partial charge in [-0.15, -0.1) is 0 Å². The molecule has 0 amide bonds. The SMILES string of the molecule is Cc1[nH]nc2c1CC/C2=N\O. The number of hydrogen-bond donors (Lipinski definition) is 2. The summed E-state index contributed by atoms with van der Waals surface area (Å²) >= 11 is 0. The van der Waals surface area contributed by atoms with Crippen LogP contribution < -0.4 is 0 Å². The highest BCUT2D eigenvalue weighted by molar-refractivity contribution is 6.02. The van der Waals surface area contributed by atoms with Gasteiger partial charge in [0.2, 0.25) is 0 Å². The second-order valence-corrected chi connectivity index (χ2v) is 2.72. The molecule has 0 bridgehead atoms. The summed E-state index contributed by atoms with van der Waals surface area (Å²) in [5.74, 6) is 0. The molecule has 11 heavy (non-hydrogen) atoms. The summed E-state index contributed by atoms with van der Waals surface area (Å²) in [6.07, 6.45) is 1.75. The van der Waals surface area contributed by atoms with Crippen molar-refractivity contribution in [2.75, 3.05) is 0 Å². The van der Waals surface area contributed by atoms with Crippen LogP contribution in [0.5, 0.6) is 0 Å². The van der Waals surface area contributed by atoms with E-state index < -0.39 is 0 Å². The molecule has 1 aliphatic rings. The van der Waals surface area contributed by atoms with Crippen molar-refractivity contribution in [2.24, 2.45) is 5.16 Å². The smallest absolute Gasteiger partial charge is 0.113 e. The summed E-state index contributed by atoms with van der Waals surface area (Å²) in [7, 11) is 0. The van der Waals surface area contributed by atoms with Crippen molar-refractivity contribution in [3.8, 4) is 0 Å². The van der Waals surface area contributed by atoms with Crippen molar-refractivity contribution in [1.29, 1.82) is 0 Å². The molecular weight excluding hydrogens is 142 g/mol. The summed E-state index contributed by atoms with van der Waals surface area (Å²) in [5.41, 5.74) is 3.81. The zero-order valence-electron chi connectivity index (χ0n) is 6.26. The lowest BCUT2D eigenvalue weighted by Gasteiger charge is -1.86. The summed E-state index contributed by atoms with van der Waals surface area (Å²) in [4.78, 5) is 0. The lowest BCUT2D eigenvalue weighted by molar-refractivity contribution is 0.318. The van der Waals surface area contributed by atoms with Crippen molar-refractivity contribution in [3.63, 3.8) is 0 Å². The van der Waals surface area contributed by atoms with Gasteiger partial charge < -0.3 is 5.21 Å². The van der Waals surface area contributed by atoms with Gasteiger partial charge in [-0.25, -0.2) is 0 Å². The zero-order valence-corrected chi connectivity index (χ0v) is 6.26. The summed E-state index contributed by atoms with van der Waals surface area (Å²) in [6, 6.07) is 0. The number of H-pyrrole nitrogens is 1. The lowest BCUT2D eigenvalue weighted by atomic mass is 10.2. The number of rotatable bonds is 0. The molecule has 0 aliphatic heterocycles. The maximum Gasteiger partial charge on any atom is 0.113 e. The van der Waals surface area contributed by atoms with Crippen molar-refractivity contribution < 1.29 is 5.21 Å². The molecule has 0 atom stereocenters. The number of oxime groups is 1. The quantitative estimate of drug-likeness (QED) is 0.426. The van der Waals surface area contributed by atoms with Gasteiger partial charge >= 0.3 is 0 Å². The molecule has 58 valence electrons. The molecule has 4 nitrogen and oxygen atoms in total. The first-order valence-electron chi connectivity index (χ1n) is 3.58. The van der Waals surface area contributed by atoms with E-state index in [-0.39, 0.29) is 0 Å². The average Bonchev–Trinajstić information content (AvgIpc) is 2.53. The second kappa shape index (κ2) is 2.08. The van der Waals surface area contributed by atoms with Crippen LogP contribution in [0.4, 0.5) is 0 Å². The van der Waals surface area contributed by atoms with E-state index in [0.717, 1.165) is 24.2 Å². The van der Waals surface area contributed by atoms with Crippen molar-refractivity contribution in [1.82, 2.24) is 10.2 Å². The predicted octanol–water partition coefficient (Wildman–Crippen LogP) is 0.843. The molecule has 0 unspecified atom stereocenters. The van der Waals surface area contributed by atoms with E-state index in [1.165, 1.54) is 5.56 Å².